The molecule has 1 fully saturated rings. The number of carbonyl (C=O) groups is 1. The lowest BCUT2D eigenvalue weighted by atomic mass is 10.2. The minimum Gasteiger partial charge on any atom is -0.395 e. The maximum absolute atomic E-state index is 12.9. The van der Waals surface area contributed by atoms with Crippen molar-refractivity contribution in [1.29, 1.82) is 0 Å². The Labute approximate surface area is 152 Å². The third-order valence-electron chi connectivity index (χ3n) is 4.06. The van der Waals surface area contributed by atoms with Crippen LogP contribution in [0.1, 0.15) is 12.5 Å². The Hall–Kier alpha value is -1.53. The van der Waals surface area contributed by atoms with Crippen LogP contribution in [0.4, 0.5) is 0 Å². The average molecular weight is 406 g/mol. The number of rotatable bonds is 7. The predicted molar refractivity (Wildman–Crippen MR) is 93.4 cm³/mol. The highest BCUT2D eigenvalue weighted by atomic mass is 32.2. The molecule has 3 N–H and O–H groups in total. The van der Waals surface area contributed by atoms with Crippen LogP contribution in [0.3, 0.4) is 0 Å². The van der Waals surface area contributed by atoms with Gasteiger partial charge in [-0.2, -0.15) is 4.31 Å². The summed E-state index contributed by atoms with van der Waals surface area (Å²) in [6, 6.07) is 4.60. The van der Waals surface area contributed by atoms with Gasteiger partial charge in [-0.25, -0.2) is 16.8 Å². The van der Waals surface area contributed by atoms with Crippen LogP contribution < -0.4 is 5.32 Å². The van der Waals surface area contributed by atoms with E-state index in [4.69, 9.17) is 0 Å². The van der Waals surface area contributed by atoms with Gasteiger partial charge in [0.25, 0.3) is 0 Å². The Balaban J connectivity index is 2.28. The quantitative estimate of drug-likeness (QED) is 0.498. The summed E-state index contributed by atoms with van der Waals surface area (Å²) in [4.78, 5) is 10.8. The summed E-state index contributed by atoms with van der Waals surface area (Å²) in [6.45, 7) is 0.776. The first-order valence-electron chi connectivity index (χ1n) is 7.91. The molecule has 1 amide bonds. The Morgan fingerprint density at radius 1 is 1.27 bits per heavy atom. The minimum atomic E-state index is -4.12. The molecule has 1 aliphatic rings. The zero-order chi connectivity index (χ0) is 19.5. The van der Waals surface area contributed by atoms with Crippen molar-refractivity contribution in [3.63, 3.8) is 0 Å². The molecule has 11 heteroatoms. The molecule has 0 bridgehead atoms. The molecule has 1 aromatic rings. The fourth-order valence-corrected chi connectivity index (χ4v) is 6.33. The number of hydrogen-bond donors (Lipinski definition) is 3. The summed E-state index contributed by atoms with van der Waals surface area (Å²) in [5.41, 5.74) is 0.691. The Kier molecular flexibility index (Phi) is 6.40. The summed E-state index contributed by atoms with van der Waals surface area (Å²) in [6.07, 6.45) is -1.35. The Morgan fingerprint density at radius 2 is 1.88 bits per heavy atom. The normalized spacial score (nSPS) is 22.5. The van der Waals surface area contributed by atoms with Crippen molar-refractivity contribution in [2.24, 2.45) is 0 Å². The molecule has 0 spiro atoms. The van der Waals surface area contributed by atoms with Crippen molar-refractivity contribution in [2.75, 3.05) is 24.7 Å². The van der Waals surface area contributed by atoms with E-state index < -0.39 is 50.1 Å². The second-order valence-electron chi connectivity index (χ2n) is 6.10. The smallest absolute Gasteiger partial charge is 0.243 e. The minimum absolute atomic E-state index is 0.0889. The van der Waals surface area contributed by atoms with E-state index in [1.54, 1.807) is 0 Å². The number of carbonyl (C=O) groups excluding carboxylic acids is 1. The van der Waals surface area contributed by atoms with Crippen LogP contribution in [0.25, 0.3) is 0 Å². The Morgan fingerprint density at radius 3 is 2.35 bits per heavy atom. The van der Waals surface area contributed by atoms with Crippen LogP contribution in [0.2, 0.25) is 0 Å². The number of aliphatic hydroxyl groups is 2. The molecule has 1 heterocycles. The third-order valence-corrected chi connectivity index (χ3v) is 7.69. The van der Waals surface area contributed by atoms with Gasteiger partial charge in [0.05, 0.1) is 35.2 Å². The molecule has 2 atom stereocenters. The monoisotopic (exact) mass is 406 g/mol. The molecule has 26 heavy (non-hydrogen) atoms. The van der Waals surface area contributed by atoms with E-state index in [1.807, 2.05) is 0 Å². The van der Waals surface area contributed by atoms with Gasteiger partial charge >= 0.3 is 0 Å². The number of sulfone groups is 1. The maximum atomic E-state index is 12.9. The zero-order valence-corrected chi connectivity index (χ0v) is 15.8. The van der Waals surface area contributed by atoms with Gasteiger partial charge in [-0.1, -0.05) is 12.1 Å². The molecule has 1 aromatic carbocycles. The van der Waals surface area contributed by atoms with Gasteiger partial charge in [0.1, 0.15) is 0 Å². The van der Waals surface area contributed by atoms with Crippen molar-refractivity contribution in [3.8, 4) is 0 Å². The van der Waals surface area contributed by atoms with E-state index in [0.29, 0.717) is 5.56 Å². The fourth-order valence-electron chi connectivity index (χ4n) is 2.79. The number of sulfonamides is 1. The fraction of sp³-hybridized carbons (Fsp3) is 0.533. The van der Waals surface area contributed by atoms with Crippen molar-refractivity contribution in [2.45, 2.75) is 30.5 Å². The van der Waals surface area contributed by atoms with Crippen molar-refractivity contribution in [3.05, 3.63) is 29.8 Å². The highest BCUT2D eigenvalue weighted by Crippen LogP contribution is 2.25. The molecule has 1 saturated heterocycles. The lowest BCUT2D eigenvalue weighted by Gasteiger charge is -2.28. The second kappa shape index (κ2) is 8.01. The highest BCUT2D eigenvalue weighted by molar-refractivity contribution is 7.92. The van der Waals surface area contributed by atoms with Gasteiger partial charge in [-0.15, -0.1) is 0 Å². The number of benzene rings is 1. The van der Waals surface area contributed by atoms with Crippen LogP contribution in [0.5, 0.6) is 0 Å². The van der Waals surface area contributed by atoms with E-state index in [2.05, 4.69) is 5.32 Å². The molecule has 0 saturated carbocycles. The number of nitrogens with zero attached hydrogens (tertiary/aromatic N) is 1. The summed E-state index contributed by atoms with van der Waals surface area (Å²) in [5.74, 6) is -1.22. The van der Waals surface area contributed by atoms with Crippen molar-refractivity contribution >= 4 is 25.8 Å². The number of hydrogen-bond acceptors (Lipinski definition) is 7. The lowest BCUT2D eigenvalue weighted by molar-refractivity contribution is -0.119. The molecule has 146 valence electrons. The first-order chi connectivity index (χ1) is 12.1. The van der Waals surface area contributed by atoms with E-state index >= 15 is 0 Å². The summed E-state index contributed by atoms with van der Waals surface area (Å²) in [5, 5.41) is 21.8. The first kappa shape index (κ1) is 20.8. The first-order valence-corrected chi connectivity index (χ1v) is 11.2. The molecule has 0 radical (unpaired) electrons. The summed E-state index contributed by atoms with van der Waals surface area (Å²) in [7, 11) is -7.67. The molecule has 0 aromatic heterocycles. The highest BCUT2D eigenvalue weighted by Gasteiger charge is 2.44. The topological polar surface area (TPSA) is 141 Å². The van der Waals surface area contributed by atoms with Crippen LogP contribution >= 0.6 is 0 Å². The summed E-state index contributed by atoms with van der Waals surface area (Å²) >= 11 is 0. The molecule has 0 unspecified atom stereocenters. The molecular formula is C15H22N2O7S2. The molecule has 0 aliphatic carbocycles. The number of amides is 1. The lowest BCUT2D eigenvalue weighted by Crippen LogP contribution is -2.47. The molecule has 2 rings (SSSR count). The second-order valence-corrected chi connectivity index (χ2v) is 10.1. The van der Waals surface area contributed by atoms with Crippen LogP contribution in [0, 0.1) is 0 Å². The third kappa shape index (κ3) is 4.80. The number of aliphatic hydroxyl groups excluding tert-OH is 2. The van der Waals surface area contributed by atoms with E-state index in [0.717, 1.165) is 4.31 Å². The molecule has 9 nitrogen and oxygen atoms in total. The zero-order valence-electron chi connectivity index (χ0n) is 14.2. The SMILES string of the molecule is CC(=O)NCc1ccc(S(=O)(=O)N(CCO)[C@H]2CS(=O)(=O)C[C@H]2O)cc1. The van der Waals surface area contributed by atoms with E-state index in [1.165, 1.54) is 31.2 Å². The average Bonchev–Trinajstić information content (AvgIpc) is 2.83. The van der Waals surface area contributed by atoms with Gasteiger partial charge in [-0.05, 0) is 17.7 Å². The van der Waals surface area contributed by atoms with Crippen LogP contribution in [0.15, 0.2) is 29.2 Å². The van der Waals surface area contributed by atoms with Gasteiger partial charge in [0.15, 0.2) is 9.84 Å². The Bertz CT molecular complexity index is 850. The van der Waals surface area contributed by atoms with Gasteiger partial charge in [0, 0.05) is 20.0 Å². The van der Waals surface area contributed by atoms with Gasteiger partial charge in [0.2, 0.25) is 15.9 Å². The summed E-state index contributed by atoms with van der Waals surface area (Å²) < 4.78 is 50.0. The van der Waals surface area contributed by atoms with Gasteiger partial charge < -0.3 is 15.5 Å². The molecular weight excluding hydrogens is 384 g/mol. The van der Waals surface area contributed by atoms with Crippen LogP contribution in [-0.2, 0) is 31.2 Å². The van der Waals surface area contributed by atoms with Crippen LogP contribution in [-0.4, -0.2) is 74.1 Å². The molecule has 1 aliphatic heterocycles. The van der Waals surface area contributed by atoms with E-state index in [9.17, 15) is 31.8 Å². The predicted octanol–water partition coefficient (Wildman–Crippen LogP) is -1.54. The van der Waals surface area contributed by atoms with Crippen molar-refractivity contribution in [1.82, 2.24) is 9.62 Å². The largest absolute Gasteiger partial charge is 0.395 e. The number of nitrogens with one attached hydrogen (secondary N) is 1. The van der Waals surface area contributed by atoms with Crippen molar-refractivity contribution < 1.29 is 31.8 Å². The maximum Gasteiger partial charge on any atom is 0.243 e. The standard InChI is InChI=1S/C15H22N2O7S2/c1-11(19)16-8-12-2-4-13(5-3-12)26(23,24)17(6-7-18)14-9-25(21,22)10-15(14)20/h2-5,14-15,18,20H,6-10H2,1H3,(H,16,19)/t14-,15+/m0/s1. The van der Waals surface area contributed by atoms with E-state index in [-0.39, 0.29) is 23.9 Å². The van der Waals surface area contributed by atoms with Gasteiger partial charge in [-0.3, -0.25) is 4.79 Å².